The van der Waals surface area contributed by atoms with E-state index >= 15 is 0 Å². The van der Waals surface area contributed by atoms with Gasteiger partial charge in [-0.05, 0) is 38.3 Å². The summed E-state index contributed by atoms with van der Waals surface area (Å²) in [6.45, 7) is 8.97. The van der Waals surface area contributed by atoms with Gasteiger partial charge in [0, 0.05) is 64.5 Å². The molecule has 8 heteroatoms. The summed E-state index contributed by atoms with van der Waals surface area (Å²) < 4.78 is 3.46. The summed E-state index contributed by atoms with van der Waals surface area (Å²) >= 11 is 0. The third kappa shape index (κ3) is 4.68. The lowest BCUT2D eigenvalue weighted by Gasteiger charge is -2.37. The highest BCUT2D eigenvalue weighted by atomic mass is 16.2. The van der Waals surface area contributed by atoms with Crippen LogP contribution in [0.1, 0.15) is 32.0 Å². The van der Waals surface area contributed by atoms with E-state index in [-0.39, 0.29) is 5.69 Å². The lowest BCUT2D eigenvalue weighted by atomic mass is 10.2. The molecule has 1 aromatic heterocycles. The summed E-state index contributed by atoms with van der Waals surface area (Å²) in [5.41, 5.74) is 1.32. The number of rotatable bonds is 6. The molecule has 30 heavy (non-hydrogen) atoms. The van der Waals surface area contributed by atoms with Gasteiger partial charge in [0.1, 0.15) is 5.82 Å². The molecule has 0 amide bonds. The van der Waals surface area contributed by atoms with Crippen LogP contribution in [0.4, 0.5) is 5.69 Å². The van der Waals surface area contributed by atoms with Crippen LogP contribution in [0.2, 0.25) is 0 Å². The molecule has 0 saturated carbocycles. The minimum atomic E-state index is 0.0395. The predicted molar refractivity (Wildman–Crippen MR) is 120 cm³/mol. The maximum Gasteiger partial charge on any atom is 0.345 e. The molecule has 1 N–H and O–H groups in total. The molecule has 8 nitrogen and oxygen atoms in total. The Balaban J connectivity index is 1.30. The Hall–Kier alpha value is -2.77. The number of piperazine rings is 1. The van der Waals surface area contributed by atoms with Crippen molar-refractivity contribution >= 4 is 11.6 Å². The summed E-state index contributed by atoms with van der Waals surface area (Å²) in [5.74, 6) is 1.92. The molecule has 2 aliphatic heterocycles. The summed E-state index contributed by atoms with van der Waals surface area (Å²) in [4.78, 5) is 22.0. The van der Waals surface area contributed by atoms with Gasteiger partial charge in [-0.2, -0.15) is 5.10 Å². The van der Waals surface area contributed by atoms with Gasteiger partial charge in [-0.25, -0.2) is 9.48 Å². The van der Waals surface area contributed by atoms with E-state index in [1.54, 1.807) is 4.68 Å². The Bertz CT molecular complexity index is 894. The van der Waals surface area contributed by atoms with Crippen molar-refractivity contribution in [3.8, 4) is 0 Å². The smallest absolute Gasteiger partial charge is 0.345 e. The minimum Gasteiger partial charge on any atom is -0.368 e. The van der Waals surface area contributed by atoms with Crippen molar-refractivity contribution in [3.05, 3.63) is 46.6 Å². The van der Waals surface area contributed by atoms with Crippen molar-refractivity contribution in [3.63, 3.8) is 0 Å². The monoisotopic (exact) mass is 411 g/mol. The first-order valence-electron chi connectivity index (χ1n) is 11.3. The Morgan fingerprint density at radius 3 is 2.63 bits per heavy atom. The number of guanidine groups is 1. The first kappa shape index (κ1) is 20.5. The molecule has 0 aliphatic carbocycles. The number of hydrogen-bond donors (Lipinski definition) is 1. The summed E-state index contributed by atoms with van der Waals surface area (Å²) in [5, 5.41) is 7.94. The SMILES string of the molecule is CCNC(=NCCCn1nc2n(c1=O)CCCC2)N1CCN(c2ccccc2)CC1. The van der Waals surface area contributed by atoms with Gasteiger partial charge in [-0.15, -0.1) is 0 Å². The highest BCUT2D eigenvalue weighted by molar-refractivity contribution is 5.80. The van der Waals surface area contributed by atoms with Crippen LogP contribution >= 0.6 is 0 Å². The van der Waals surface area contributed by atoms with Gasteiger partial charge in [0.05, 0.1) is 0 Å². The fraction of sp³-hybridized carbons (Fsp3) is 0.591. The normalized spacial score (nSPS) is 17.2. The van der Waals surface area contributed by atoms with Gasteiger partial charge >= 0.3 is 5.69 Å². The number of nitrogens with zero attached hydrogens (tertiary/aromatic N) is 6. The predicted octanol–water partition coefficient (Wildman–Crippen LogP) is 1.56. The maximum atomic E-state index is 12.4. The van der Waals surface area contributed by atoms with E-state index in [0.717, 1.165) is 76.7 Å². The quantitative estimate of drug-likeness (QED) is 0.444. The number of aryl methyl sites for hydroxylation is 2. The van der Waals surface area contributed by atoms with Crippen LogP contribution in [-0.4, -0.2) is 64.5 Å². The van der Waals surface area contributed by atoms with Crippen LogP contribution in [0.25, 0.3) is 0 Å². The average Bonchev–Trinajstić information content (AvgIpc) is 3.12. The van der Waals surface area contributed by atoms with Crippen LogP contribution in [-0.2, 0) is 19.5 Å². The van der Waals surface area contributed by atoms with Crippen LogP contribution in [0.5, 0.6) is 0 Å². The van der Waals surface area contributed by atoms with E-state index in [9.17, 15) is 4.79 Å². The van der Waals surface area contributed by atoms with Gasteiger partial charge in [-0.1, -0.05) is 18.2 Å². The summed E-state index contributed by atoms with van der Waals surface area (Å²) in [6, 6.07) is 10.6. The van der Waals surface area contributed by atoms with Crippen LogP contribution in [0.3, 0.4) is 0 Å². The third-order valence-electron chi connectivity index (χ3n) is 5.86. The van der Waals surface area contributed by atoms with E-state index in [0.29, 0.717) is 13.1 Å². The van der Waals surface area contributed by atoms with Gasteiger partial charge in [0.25, 0.3) is 0 Å². The van der Waals surface area contributed by atoms with Gasteiger partial charge in [0.2, 0.25) is 0 Å². The molecule has 162 valence electrons. The third-order valence-corrected chi connectivity index (χ3v) is 5.86. The minimum absolute atomic E-state index is 0.0395. The zero-order valence-corrected chi connectivity index (χ0v) is 18.0. The van der Waals surface area contributed by atoms with Gasteiger partial charge < -0.3 is 15.1 Å². The summed E-state index contributed by atoms with van der Waals surface area (Å²) in [6.07, 6.45) is 3.94. The fourth-order valence-corrected chi connectivity index (χ4v) is 4.24. The molecule has 2 aliphatic rings. The summed E-state index contributed by atoms with van der Waals surface area (Å²) in [7, 11) is 0. The van der Waals surface area contributed by atoms with Crippen molar-refractivity contribution < 1.29 is 0 Å². The number of anilines is 1. The Morgan fingerprint density at radius 2 is 1.90 bits per heavy atom. The largest absolute Gasteiger partial charge is 0.368 e. The molecule has 4 rings (SSSR count). The van der Waals surface area contributed by atoms with Crippen molar-refractivity contribution in [1.82, 2.24) is 24.6 Å². The van der Waals surface area contributed by atoms with Crippen LogP contribution < -0.4 is 15.9 Å². The van der Waals surface area contributed by atoms with Crippen molar-refractivity contribution in [2.75, 3.05) is 44.2 Å². The standard InChI is InChI=1S/C22H33N7O/c1-2-23-21(27-17-15-26(16-18-27)19-9-4-3-5-10-19)24-12-8-14-29-22(30)28-13-7-6-11-20(28)25-29/h3-5,9-10H,2,6-8,11-18H2,1H3,(H,23,24). The number of benzene rings is 1. The number of aliphatic imine (C=N–C) groups is 1. The second-order valence-electron chi connectivity index (χ2n) is 7.93. The molecule has 2 aromatic rings. The van der Waals surface area contributed by atoms with Gasteiger partial charge in [-0.3, -0.25) is 9.56 Å². The van der Waals surface area contributed by atoms with Crippen molar-refractivity contribution in [2.45, 2.75) is 45.7 Å². The average molecular weight is 412 g/mol. The molecule has 1 fully saturated rings. The number of fused-ring (bicyclic) bond motifs is 1. The van der Waals surface area contributed by atoms with E-state index in [2.05, 4.69) is 57.5 Å². The van der Waals surface area contributed by atoms with Crippen molar-refractivity contribution in [2.24, 2.45) is 4.99 Å². The van der Waals surface area contributed by atoms with E-state index in [1.807, 2.05) is 4.57 Å². The molecule has 0 unspecified atom stereocenters. The maximum absolute atomic E-state index is 12.4. The lowest BCUT2D eigenvalue weighted by Crippen LogP contribution is -2.52. The Labute approximate surface area is 178 Å². The topological polar surface area (TPSA) is 70.7 Å². The zero-order valence-electron chi connectivity index (χ0n) is 18.0. The highest BCUT2D eigenvalue weighted by Crippen LogP contribution is 2.15. The first-order valence-corrected chi connectivity index (χ1v) is 11.3. The molecule has 3 heterocycles. The highest BCUT2D eigenvalue weighted by Gasteiger charge is 2.20. The van der Waals surface area contributed by atoms with E-state index in [4.69, 9.17) is 4.99 Å². The number of nitrogens with one attached hydrogen (secondary N) is 1. The molecule has 0 spiro atoms. The van der Waals surface area contributed by atoms with E-state index in [1.165, 1.54) is 5.69 Å². The van der Waals surface area contributed by atoms with Gasteiger partial charge in [0.15, 0.2) is 5.96 Å². The molecule has 1 aromatic carbocycles. The second-order valence-corrected chi connectivity index (χ2v) is 7.93. The number of para-hydroxylation sites is 1. The number of aromatic nitrogens is 3. The fourth-order valence-electron chi connectivity index (χ4n) is 4.24. The molecule has 0 atom stereocenters. The molecular weight excluding hydrogens is 378 g/mol. The zero-order chi connectivity index (χ0) is 20.8. The van der Waals surface area contributed by atoms with Crippen LogP contribution in [0.15, 0.2) is 40.1 Å². The molecular formula is C22H33N7O. The molecule has 1 saturated heterocycles. The van der Waals surface area contributed by atoms with E-state index < -0.39 is 0 Å². The molecule has 0 radical (unpaired) electrons. The first-order chi connectivity index (χ1) is 14.8. The second kappa shape index (κ2) is 9.82. The number of hydrogen-bond acceptors (Lipinski definition) is 4. The van der Waals surface area contributed by atoms with Crippen molar-refractivity contribution in [1.29, 1.82) is 0 Å². The van der Waals surface area contributed by atoms with Crippen LogP contribution in [0, 0.1) is 0 Å². The lowest BCUT2D eigenvalue weighted by molar-refractivity contribution is 0.372. The Kier molecular flexibility index (Phi) is 6.71. The molecule has 0 bridgehead atoms. The Morgan fingerprint density at radius 1 is 1.10 bits per heavy atom.